The molecule has 0 fully saturated rings. The van der Waals surface area contributed by atoms with Crippen molar-refractivity contribution in [1.82, 2.24) is 0 Å². The van der Waals surface area contributed by atoms with Crippen LogP contribution in [0.25, 0.3) is 0 Å². The minimum absolute atomic E-state index is 0.881. The van der Waals surface area contributed by atoms with Gasteiger partial charge in [-0.2, -0.15) is 48.3 Å². The second-order valence-corrected chi connectivity index (χ2v) is 3.53. The van der Waals surface area contributed by atoms with Crippen molar-refractivity contribution in [3.05, 3.63) is 0 Å². The minimum atomic E-state index is -7.10. The van der Waals surface area contributed by atoms with Gasteiger partial charge >= 0.3 is 30.1 Å². The van der Waals surface area contributed by atoms with Crippen LogP contribution in [-0.2, 0) is 4.74 Å². The van der Waals surface area contributed by atoms with E-state index in [2.05, 4.69) is 0 Å². The Hall–Kier alpha value is -0.880. The van der Waals surface area contributed by atoms with E-state index in [-0.39, 0.29) is 0 Å². The van der Waals surface area contributed by atoms with Crippen LogP contribution in [0.2, 0.25) is 0 Å². The SMILES string of the molecule is CC(F)(F)C(F)(F)C(F)(F)C(F)(F)OC(F)C(F)(F)F. The third kappa shape index (κ3) is 3.23. The van der Waals surface area contributed by atoms with Gasteiger partial charge in [0.1, 0.15) is 0 Å². The van der Waals surface area contributed by atoms with Crippen LogP contribution in [0, 0.1) is 0 Å². The van der Waals surface area contributed by atoms with E-state index < -0.39 is 43.3 Å². The first-order valence-electron chi connectivity index (χ1n) is 4.28. The number of hydrogen-bond donors (Lipinski definition) is 0. The van der Waals surface area contributed by atoms with E-state index in [0.717, 1.165) is 0 Å². The molecule has 0 rings (SSSR count). The normalized spacial score (nSPS) is 17.2. The van der Waals surface area contributed by atoms with Crippen molar-refractivity contribution >= 4 is 0 Å². The lowest BCUT2D eigenvalue weighted by Gasteiger charge is -2.35. The first-order chi connectivity index (χ1) is 8.38. The molecule has 0 N–H and O–H groups in total. The molecule has 0 aliphatic carbocycles. The van der Waals surface area contributed by atoms with Gasteiger partial charge in [-0.3, -0.25) is 4.74 Å². The maximum absolute atomic E-state index is 12.6. The van der Waals surface area contributed by atoms with Crippen LogP contribution >= 0.6 is 0 Å². The summed E-state index contributed by atoms with van der Waals surface area (Å²) in [4.78, 5) is 0. The van der Waals surface area contributed by atoms with Gasteiger partial charge in [-0.05, 0) is 0 Å². The Labute approximate surface area is 102 Å². The Balaban J connectivity index is 5.48. The second kappa shape index (κ2) is 4.84. The van der Waals surface area contributed by atoms with Gasteiger partial charge in [-0.1, -0.05) is 0 Å². The van der Waals surface area contributed by atoms with Crippen molar-refractivity contribution < 1.29 is 57.4 Å². The number of rotatable bonds is 5. The zero-order valence-corrected chi connectivity index (χ0v) is 9.02. The van der Waals surface area contributed by atoms with Gasteiger partial charge in [-0.25, -0.2) is 4.39 Å². The Morgan fingerprint density at radius 1 is 0.700 bits per heavy atom. The second-order valence-electron chi connectivity index (χ2n) is 3.53. The van der Waals surface area contributed by atoms with Crippen molar-refractivity contribution in [2.75, 3.05) is 0 Å². The van der Waals surface area contributed by atoms with E-state index in [4.69, 9.17) is 0 Å². The number of hydrogen-bond acceptors (Lipinski definition) is 1. The zero-order chi connectivity index (χ0) is 16.8. The van der Waals surface area contributed by atoms with Crippen LogP contribution in [0.3, 0.4) is 0 Å². The molecule has 0 bridgehead atoms. The fourth-order valence-corrected chi connectivity index (χ4v) is 0.729. The topological polar surface area (TPSA) is 9.23 Å². The fraction of sp³-hybridized carbons (Fsp3) is 1.00. The lowest BCUT2D eigenvalue weighted by atomic mass is 10.1. The molecule has 0 heterocycles. The van der Waals surface area contributed by atoms with Crippen LogP contribution in [0.5, 0.6) is 0 Å². The average Bonchev–Trinajstić information content (AvgIpc) is 2.12. The molecule has 0 saturated heterocycles. The van der Waals surface area contributed by atoms with Crippen LogP contribution in [0.1, 0.15) is 6.92 Å². The summed E-state index contributed by atoms with van der Waals surface area (Å²) >= 11 is 0. The standard InChI is InChI=1S/C7H4F12O/c1-3(9,10)5(14,15)6(16,17)7(18,19)20-2(8)4(11,12)13/h2H,1H3. The van der Waals surface area contributed by atoms with Gasteiger partial charge in [0.25, 0.3) is 6.36 Å². The lowest BCUT2D eigenvalue weighted by Crippen LogP contribution is -2.63. The maximum atomic E-state index is 12.6. The third-order valence-corrected chi connectivity index (χ3v) is 1.82. The predicted molar refractivity (Wildman–Crippen MR) is 37.5 cm³/mol. The summed E-state index contributed by atoms with van der Waals surface area (Å²) in [5.41, 5.74) is 0. The zero-order valence-electron chi connectivity index (χ0n) is 9.02. The van der Waals surface area contributed by atoms with Crippen molar-refractivity contribution in [1.29, 1.82) is 0 Å². The molecule has 0 aliphatic rings. The summed E-state index contributed by atoms with van der Waals surface area (Å²) in [5.74, 6) is -19.6. The van der Waals surface area contributed by atoms with E-state index >= 15 is 0 Å². The van der Waals surface area contributed by atoms with E-state index in [1.54, 1.807) is 0 Å². The highest BCUT2D eigenvalue weighted by Gasteiger charge is 2.81. The summed E-state index contributed by atoms with van der Waals surface area (Å²) in [5, 5.41) is 0. The smallest absolute Gasteiger partial charge is 0.272 e. The average molecular weight is 332 g/mol. The Morgan fingerprint density at radius 3 is 1.30 bits per heavy atom. The number of alkyl halides is 12. The van der Waals surface area contributed by atoms with Gasteiger partial charge in [0, 0.05) is 6.92 Å². The molecule has 0 saturated carbocycles. The molecule has 122 valence electrons. The molecule has 0 aromatic heterocycles. The molecule has 0 spiro atoms. The number of halogens is 12. The third-order valence-electron chi connectivity index (χ3n) is 1.82. The van der Waals surface area contributed by atoms with E-state index in [1.165, 1.54) is 0 Å². The fourth-order valence-electron chi connectivity index (χ4n) is 0.729. The van der Waals surface area contributed by atoms with Gasteiger partial charge in [0.15, 0.2) is 0 Å². The summed E-state index contributed by atoms with van der Waals surface area (Å²) in [6, 6.07) is 0. The summed E-state index contributed by atoms with van der Waals surface area (Å²) < 4.78 is 148. The van der Waals surface area contributed by atoms with Crippen molar-refractivity contribution in [2.24, 2.45) is 0 Å². The minimum Gasteiger partial charge on any atom is -0.272 e. The van der Waals surface area contributed by atoms with E-state index in [9.17, 15) is 52.7 Å². The molecule has 1 atom stereocenters. The largest absolute Gasteiger partial charge is 0.445 e. The molecule has 13 heteroatoms. The molecule has 1 nitrogen and oxygen atoms in total. The first-order valence-corrected chi connectivity index (χ1v) is 4.28. The summed E-state index contributed by atoms with van der Waals surface area (Å²) in [6.45, 7) is -0.881. The molecule has 1 unspecified atom stereocenters. The van der Waals surface area contributed by atoms with E-state index in [0.29, 0.717) is 0 Å². The van der Waals surface area contributed by atoms with Crippen molar-refractivity contribution in [3.63, 3.8) is 0 Å². The van der Waals surface area contributed by atoms with Crippen LogP contribution in [0.15, 0.2) is 0 Å². The predicted octanol–water partition coefficient (Wildman–Crippen LogP) is 4.38. The number of ether oxygens (including phenoxy) is 1. The molecule has 0 radical (unpaired) electrons. The monoisotopic (exact) mass is 332 g/mol. The van der Waals surface area contributed by atoms with E-state index in [1.807, 2.05) is 4.74 Å². The molecule has 0 amide bonds. The molecule has 0 aromatic carbocycles. The Kier molecular flexibility index (Phi) is 4.63. The molecular formula is C7H4F12O. The van der Waals surface area contributed by atoms with Gasteiger partial charge in [-0.15, -0.1) is 0 Å². The molecule has 20 heavy (non-hydrogen) atoms. The summed E-state index contributed by atoms with van der Waals surface area (Å²) in [6.07, 6.45) is -18.2. The van der Waals surface area contributed by atoms with Crippen LogP contribution in [-0.4, -0.2) is 36.4 Å². The Morgan fingerprint density at radius 2 is 1.05 bits per heavy atom. The maximum Gasteiger partial charge on any atom is 0.445 e. The molecular weight excluding hydrogens is 328 g/mol. The van der Waals surface area contributed by atoms with Crippen molar-refractivity contribution in [3.8, 4) is 0 Å². The quantitative estimate of drug-likeness (QED) is 0.679. The first kappa shape index (κ1) is 19.1. The van der Waals surface area contributed by atoms with Crippen molar-refractivity contribution in [2.45, 2.75) is 43.3 Å². The Bertz CT molecular complexity index is 339. The van der Waals surface area contributed by atoms with Crippen LogP contribution < -0.4 is 0 Å². The molecule has 0 aromatic rings. The highest BCUT2D eigenvalue weighted by Crippen LogP contribution is 2.53. The molecule has 0 aliphatic heterocycles. The highest BCUT2D eigenvalue weighted by atomic mass is 19.4. The summed E-state index contributed by atoms with van der Waals surface area (Å²) in [7, 11) is 0. The van der Waals surface area contributed by atoms with Gasteiger partial charge < -0.3 is 0 Å². The van der Waals surface area contributed by atoms with Gasteiger partial charge in [0.05, 0.1) is 0 Å². The van der Waals surface area contributed by atoms with Gasteiger partial charge in [0.2, 0.25) is 0 Å². The lowest BCUT2D eigenvalue weighted by molar-refractivity contribution is -0.456. The highest BCUT2D eigenvalue weighted by molar-refractivity contribution is 4.99. The van der Waals surface area contributed by atoms with Crippen LogP contribution in [0.4, 0.5) is 52.7 Å².